The Balaban J connectivity index is 2.90. The number of hydrogen-bond donors (Lipinski definition) is 1. The summed E-state index contributed by atoms with van der Waals surface area (Å²) in [7, 11) is 1.97. The molecule has 3 heteroatoms. The van der Waals surface area contributed by atoms with Gasteiger partial charge in [0.25, 0.3) is 0 Å². The van der Waals surface area contributed by atoms with Crippen LogP contribution in [0.2, 0.25) is 0 Å². The molecule has 0 saturated heterocycles. The summed E-state index contributed by atoms with van der Waals surface area (Å²) in [5.74, 6) is -0.137. The van der Waals surface area contributed by atoms with E-state index in [1.165, 1.54) is 6.07 Å². The van der Waals surface area contributed by atoms with Gasteiger partial charge in [-0.1, -0.05) is 39.8 Å². The van der Waals surface area contributed by atoms with Crippen molar-refractivity contribution in [2.24, 2.45) is 5.41 Å². The molecule has 1 N–H and O–H groups in total. The minimum atomic E-state index is -0.137. The maximum absolute atomic E-state index is 14.1. The molecule has 0 heterocycles. The Morgan fingerprint density at radius 1 is 1.26 bits per heavy atom. The molecule has 0 aliphatic carbocycles. The molecule has 0 spiro atoms. The largest absolute Gasteiger partial charge is 0.371 e. The number of nitrogens with zero attached hydrogens (tertiary/aromatic N) is 1. The fraction of sp³-hybridized carbons (Fsp3) is 0.625. The Morgan fingerprint density at radius 3 is 2.53 bits per heavy atom. The third-order valence-electron chi connectivity index (χ3n) is 2.91. The molecule has 0 saturated carbocycles. The van der Waals surface area contributed by atoms with Crippen molar-refractivity contribution in [1.29, 1.82) is 0 Å². The minimum absolute atomic E-state index is 0.137. The predicted octanol–water partition coefficient (Wildman–Crippen LogP) is 3.81. The average molecular weight is 266 g/mol. The van der Waals surface area contributed by atoms with Gasteiger partial charge in [-0.05, 0) is 30.0 Å². The monoisotopic (exact) mass is 266 g/mol. The molecule has 0 aliphatic heterocycles. The number of benzene rings is 1. The van der Waals surface area contributed by atoms with E-state index in [-0.39, 0.29) is 11.2 Å². The molecule has 0 aliphatic rings. The fourth-order valence-electron chi connectivity index (χ4n) is 2.32. The van der Waals surface area contributed by atoms with E-state index >= 15 is 0 Å². The van der Waals surface area contributed by atoms with Gasteiger partial charge in [-0.15, -0.1) is 0 Å². The van der Waals surface area contributed by atoms with E-state index in [1.807, 2.05) is 18.0 Å². The van der Waals surface area contributed by atoms with Crippen molar-refractivity contribution >= 4 is 5.69 Å². The van der Waals surface area contributed by atoms with E-state index in [2.05, 4.69) is 33.0 Å². The quantitative estimate of drug-likeness (QED) is 0.788. The molecule has 19 heavy (non-hydrogen) atoms. The second kappa shape index (κ2) is 6.90. The number of nitrogens with one attached hydrogen (secondary N) is 1. The van der Waals surface area contributed by atoms with Crippen LogP contribution in [0.5, 0.6) is 0 Å². The van der Waals surface area contributed by atoms with Crippen LogP contribution in [-0.4, -0.2) is 20.1 Å². The van der Waals surface area contributed by atoms with Crippen molar-refractivity contribution in [3.05, 3.63) is 29.6 Å². The Bertz CT molecular complexity index is 396. The van der Waals surface area contributed by atoms with Gasteiger partial charge in [0, 0.05) is 20.1 Å². The molecule has 108 valence electrons. The first-order chi connectivity index (χ1) is 8.85. The highest BCUT2D eigenvalue weighted by molar-refractivity contribution is 5.54. The molecule has 0 bridgehead atoms. The van der Waals surface area contributed by atoms with Gasteiger partial charge in [-0.3, -0.25) is 0 Å². The zero-order valence-corrected chi connectivity index (χ0v) is 12.9. The second-order valence-electron chi connectivity index (χ2n) is 6.34. The first-order valence-electron chi connectivity index (χ1n) is 7.04. The van der Waals surface area contributed by atoms with Gasteiger partial charge < -0.3 is 10.2 Å². The van der Waals surface area contributed by atoms with Crippen LogP contribution < -0.4 is 10.2 Å². The van der Waals surface area contributed by atoms with Crippen LogP contribution >= 0.6 is 0 Å². The maximum atomic E-state index is 14.1. The van der Waals surface area contributed by atoms with Gasteiger partial charge in [-0.2, -0.15) is 0 Å². The summed E-state index contributed by atoms with van der Waals surface area (Å²) >= 11 is 0. The van der Waals surface area contributed by atoms with Crippen molar-refractivity contribution in [3.8, 4) is 0 Å². The van der Waals surface area contributed by atoms with Crippen molar-refractivity contribution in [2.45, 2.75) is 40.7 Å². The Kier molecular flexibility index (Phi) is 5.80. The zero-order valence-electron chi connectivity index (χ0n) is 12.9. The number of para-hydroxylation sites is 1. The van der Waals surface area contributed by atoms with Gasteiger partial charge in [0.2, 0.25) is 0 Å². The topological polar surface area (TPSA) is 15.3 Å². The first kappa shape index (κ1) is 16.0. The molecule has 1 aromatic rings. The van der Waals surface area contributed by atoms with Crippen molar-refractivity contribution in [2.75, 3.05) is 25.0 Å². The van der Waals surface area contributed by atoms with Crippen molar-refractivity contribution in [1.82, 2.24) is 5.32 Å². The van der Waals surface area contributed by atoms with E-state index < -0.39 is 0 Å². The van der Waals surface area contributed by atoms with E-state index in [0.717, 1.165) is 37.3 Å². The Labute approximate surface area is 117 Å². The lowest BCUT2D eigenvalue weighted by Gasteiger charge is -2.30. The average Bonchev–Trinajstić information content (AvgIpc) is 2.26. The standard InChI is InChI=1S/C16H27FN2/c1-6-10-18-11-13-8-7-9-14(17)15(13)19(5)12-16(2,3)4/h7-9,18H,6,10-12H2,1-5H3. The molecule has 2 nitrogen and oxygen atoms in total. The lowest BCUT2D eigenvalue weighted by Crippen LogP contribution is -2.31. The van der Waals surface area contributed by atoms with Crippen LogP contribution in [0.3, 0.4) is 0 Å². The fourth-order valence-corrected chi connectivity index (χ4v) is 2.32. The highest BCUT2D eigenvalue weighted by Crippen LogP contribution is 2.26. The lowest BCUT2D eigenvalue weighted by molar-refractivity contribution is 0.416. The SMILES string of the molecule is CCCNCc1cccc(F)c1N(C)CC(C)(C)C. The van der Waals surface area contributed by atoms with Crippen molar-refractivity contribution in [3.63, 3.8) is 0 Å². The van der Waals surface area contributed by atoms with Gasteiger partial charge in [0.05, 0.1) is 5.69 Å². The molecule has 0 atom stereocenters. The molecular formula is C16H27FN2. The van der Waals surface area contributed by atoms with Crippen LogP contribution in [0.15, 0.2) is 18.2 Å². The van der Waals surface area contributed by atoms with E-state index in [9.17, 15) is 4.39 Å². The van der Waals surface area contributed by atoms with Crippen LogP contribution in [0.4, 0.5) is 10.1 Å². The van der Waals surface area contributed by atoms with Crippen LogP contribution in [-0.2, 0) is 6.54 Å². The van der Waals surface area contributed by atoms with Gasteiger partial charge in [0.1, 0.15) is 5.82 Å². The van der Waals surface area contributed by atoms with E-state index in [0.29, 0.717) is 0 Å². The molecular weight excluding hydrogens is 239 g/mol. The molecule has 0 aromatic heterocycles. The second-order valence-corrected chi connectivity index (χ2v) is 6.34. The molecule has 0 amide bonds. The van der Waals surface area contributed by atoms with Crippen molar-refractivity contribution < 1.29 is 4.39 Å². The molecule has 0 fully saturated rings. The summed E-state index contributed by atoms with van der Waals surface area (Å²) in [6, 6.07) is 5.32. The van der Waals surface area contributed by atoms with Crippen LogP contribution in [0.25, 0.3) is 0 Å². The van der Waals surface area contributed by atoms with E-state index in [4.69, 9.17) is 0 Å². The van der Waals surface area contributed by atoms with Crippen LogP contribution in [0.1, 0.15) is 39.7 Å². The highest BCUT2D eigenvalue weighted by Gasteiger charge is 2.18. The Hall–Kier alpha value is -1.09. The maximum Gasteiger partial charge on any atom is 0.146 e. The highest BCUT2D eigenvalue weighted by atomic mass is 19.1. The molecule has 1 rings (SSSR count). The lowest BCUT2D eigenvalue weighted by atomic mass is 9.95. The number of hydrogen-bond acceptors (Lipinski definition) is 2. The Morgan fingerprint density at radius 2 is 1.95 bits per heavy atom. The zero-order chi connectivity index (χ0) is 14.5. The summed E-state index contributed by atoms with van der Waals surface area (Å²) in [5, 5.41) is 3.34. The van der Waals surface area contributed by atoms with Crippen LogP contribution in [0, 0.1) is 11.2 Å². The summed E-state index contributed by atoms with van der Waals surface area (Å²) in [6.45, 7) is 11.1. The third kappa shape index (κ3) is 5.19. The first-order valence-corrected chi connectivity index (χ1v) is 7.04. The molecule has 0 radical (unpaired) electrons. The minimum Gasteiger partial charge on any atom is -0.371 e. The van der Waals surface area contributed by atoms with Gasteiger partial charge >= 0.3 is 0 Å². The summed E-state index contributed by atoms with van der Waals surface area (Å²) in [4.78, 5) is 2.03. The normalized spacial score (nSPS) is 11.7. The smallest absolute Gasteiger partial charge is 0.146 e. The molecule has 0 unspecified atom stereocenters. The summed E-state index contributed by atoms with van der Waals surface area (Å²) in [6.07, 6.45) is 1.09. The van der Waals surface area contributed by atoms with Gasteiger partial charge in [0.15, 0.2) is 0 Å². The predicted molar refractivity (Wildman–Crippen MR) is 81.1 cm³/mol. The van der Waals surface area contributed by atoms with Gasteiger partial charge in [-0.25, -0.2) is 4.39 Å². The number of anilines is 1. The number of rotatable bonds is 6. The van der Waals surface area contributed by atoms with E-state index in [1.54, 1.807) is 6.07 Å². The third-order valence-corrected chi connectivity index (χ3v) is 2.91. The molecule has 1 aromatic carbocycles. The summed E-state index contributed by atoms with van der Waals surface area (Å²) in [5.41, 5.74) is 1.90. The number of halogens is 1. The summed E-state index contributed by atoms with van der Waals surface area (Å²) < 4.78 is 14.1.